The van der Waals surface area contributed by atoms with E-state index in [0.717, 1.165) is 28.5 Å². The molecule has 7 nitrogen and oxygen atoms in total. The highest BCUT2D eigenvalue weighted by Gasteiger charge is 2.45. The van der Waals surface area contributed by atoms with Crippen molar-refractivity contribution in [3.8, 4) is 5.75 Å². The van der Waals surface area contributed by atoms with Crippen molar-refractivity contribution in [1.29, 1.82) is 0 Å². The first-order valence-electron chi connectivity index (χ1n) is 14.7. The van der Waals surface area contributed by atoms with Gasteiger partial charge in [-0.05, 0) is 65.4 Å². The van der Waals surface area contributed by atoms with Gasteiger partial charge < -0.3 is 14.4 Å². The number of carbonyl (C=O) groups is 2. The highest BCUT2D eigenvalue weighted by Crippen LogP contribution is 2.46. The van der Waals surface area contributed by atoms with E-state index in [2.05, 4.69) is 37.8 Å². The molecule has 1 saturated heterocycles. The molecule has 2 heterocycles. The zero-order valence-corrected chi connectivity index (χ0v) is 26.6. The summed E-state index contributed by atoms with van der Waals surface area (Å²) in [5.41, 5.74) is 3.66. The van der Waals surface area contributed by atoms with Crippen LogP contribution in [0.3, 0.4) is 0 Å². The number of amidine groups is 1. The summed E-state index contributed by atoms with van der Waals surface area (Å²) < 4.78 is 6.21. The Labute approximate surface area is 264 Å². The Morgan fingerprint density at radius 2 is 1.53 bits per heavy atom. The maximum absolute atomic E-state index is 14.6. The summed E-state index contributed by atoms with van der Waals surface area (Å²) in [6.45, 7) is 11.6. The Balaban J connectivity index is 1.66. The van der Waals surface area contributed by atoms with Crippen LogP contribution in [0.25, 0.3) is 0 Å². The Morgan fingerprint density at radius 1 is 0.930 bits per heavy atom. The lowest BCUT2D eigenvalue weighted by molar-refractivity contribution is -0.109. The summed E-state index contributed by atoms with van der Waals surface area (Å²) in [6.07, 6.45) is 0.909. The first kappa shape index (κ1) is 31.0. The molecule has 226 valence electrons. The number of benzene rings is 3. The predicted octanol–water partition coefficient (Wildman–Crippen LogP) is 7.17. The molecular weight excluding hydrogens is 583 g/mol. The van der Waals surface area contributed by atoms with Gasteiger partial charge in [0, 0.05) is 36.2 Å². The van der Waals surface area contributed by atoms with E-state index in [9.17, 15) is 9.59 Å². The van der Waals surface area contributed by atoms with Crippen LogP contribution in [0.2, 0.25) is 10.0 Å². The van der Waals surface area contributed by atoms with Gasteiger partial charge in [0.1, 0.15) is 23.9 Å². The fourth-order valence-electron chi connectivity index (χ4n) is 5.68. The highest BCUT2D eigenvalue weighted by atomic mass is 35.5. The second-order valence-electron chi connectivity index (χ2n) is 11.9. The normalized spacial score (nSPS) is 19.3. The number of aldehydes is 1. The molecule has 2 aliphatic heterocycles. The van der Waals surface area contributed by atoms with Crippen molar-refractivity contribution in [3.05, 3.63) is 99.0 Å². The lowest BCUT2D eigenvalue weighted by atomic mass is 9.86. The van der Waals surface area contributed by atoms with Crippen LogP contribution >= 0.6 is 23.2 Å². The van der Waals surface area contributed by atoms with Gasteiger partial charge in [-0.2, -0.15) is 0 Å². The van der Waals surface area contributed by atoms with Crippen molar-refractivity contribution < 1.29 is 14.3 Å². The smallest absolute Gasteiger partial charge is 0.326 e. The molecule has 0 aromatic heterocycles. The molecule has 9 heteroatoms. The SMILES string of the molecule is CCOc1cc(C(C)(C)C)ccc1C1=N[C@@H](c2ccc(Cl)cc2)[C@@H](c2ccc(Cl)cc2)N1C(=O)N1CCN(CC=O)CC1. The van der Waals surface area contributed by atoms with Gasteiger partial charge in [0.25, 0.3) is 0 Å². The second kappa shape index (κ2) is 13.1. The van der Waals surface area contributed by atoms with Crippen LogP contribution in [-0.4, -0.2) is 72.2 Å². The van der Waals surface area contributed by atoms with E-state index in [-0.39, 0.29) is 11.4 Å². The number of urea groups is 1. The molecule has 0 spiro atoms. The maximum Gasteiger partial charge on any atom is 0.326 e. The van der Waals surface area contributed by atoms with Gasteiger partial charge in [0.15, 0.2) is 0 Å². The van der Waals surface area contributed by atoms with Crippen molar-refractivity contribution in [2.24, 2.45) is 4.99 Å². The molecule has 3 aromatic rings. The lowest BCUT2D eigenvalue weighted by Gasteiger charge is -2.38. The standard InChI is InChI=1S/C34H38Cl2N4O3/c1-5-43-29-22-25(34(2,3)4)10-15-28(29)32-37-30(23-6-11-26(35)12-7-23)31(24-8-13-27(36)14-9-24)40(32)33(42)39-18-16-38(17-19-39)20-21-41/h6-15,21-22,30-31H,5,16-20H2,1-4H3/t30-,31+/m0/s1. The molecule has 0 radical (unpaired) electrons. The van der Waals surface area contributed by atoms with Crippen molar-refractivity contribution in [2.75, 3.05) is 39.3 Å². The van der Waals surface area contributed by atoms with Crippen LogP contribution in [0.15, 0.2) is 71.7 Å². The molecule has 0 unspecified atom stereocenters. The summed E-state index contributed by atoms with van der Waals surface area (Å²) >= 11 is 12.6. The summed E-state index contributed by atoms with van der Waals surface area (Å²) in [7, 11) is 0. The van der Waals surface area contributed by atoms with Crippen LogP contribution in [0.4, 0.5) is 4.79 Å². The number of aliphatic imine (C=N–C) groups is 1. The quantitative estimate of drug-likeness (QED) is 0.263. The van der Waals surface area contributed by atoms with Gasteiger partial charge in [0.05, 0.1) is 24.8 Å². The molecule has 3 aromatic carbocycles. The van der Waals surface area contributed by atoms with Gasteiger partial charge in [0.2, 0.25) is 0 Å². The molecule has 2 atom stereocenters. The summed E-state index contributed by atoms with van der Waals surface area (Å²) in [5, 5.41) is 1.25. The third-order valence-corrected chi connectivity index (χ3v) is 8.56. The van der Waals surface area contributed by atoms with E-state index in [1.54, 1.807) is 0 Å². The van der Waals surface area contributed by atoms with Crippen LogP contribution < -0.4 is 4.74 Å². The third-order valence-electron chi connectivity index (χ3n) is 8.06. The van der Waals surface area contributed by atoms with E-state index in [0.29, 0.717) is 61.0 Å². The summed E-state index contributed by atoms with van der Waals surface area (Å²) in [5.74, 6) is 1.25. The molecular formula is C34H38Cl2N4O3. The Kier molecular flexibility index (Phi) is 9.45. The number of halogens is 2. The minimum absolute atomic E-state index is 0.0871. The minimum Gasteiger partial charge on any atom is -0.493 e. The first-order chi connectivity index (χ1) is 20.6. The fraction of sp³-hybridized carbons (Fsp3) is 0.382. The van der Waals surface area contributed by atoms with Gasteiger partial charge >= 0.3 is 6.03 Å². The second-order valence-corrected chi connectivity index (χ2v) is 12.8. The van der Waals surface area contributed by atoms with Crippen LogP contribution in [0.5, 0.6) is 5.75 Å². The molecule has 0 bridgehead atoms. The van der Waals surface area contributed by atoms with Gasteiger partial charge in [-0.15, -0.1) is 0 Å². The van der Waals surface area contributed by atoms with E-state index in [4.69, 9.17) is 32.9 Å². The predicted molar refractivity (Wildman–Crippen MR) is 173 cm³/mol. The molecule has 1 fully saturated rings. The lowest BCUT2D eigenvalue weighted by Crippen LogP contribution is -2.54. The van der Waals surface area contributed by atoms with E-state index >= 15 is 0 Å². The molecule has 43 heavy (non-hydrogen) atoms. The number of hydrogen-bond acceptors (Lipinski definition) is 5. The molecule has 5 rings (SSSR count). The number of hydrogen-bond donors (Lipinski definition) is 0. The average Bonchev–Trinajstić information content (AvgIpc) is 3.38. The van der Waals surface area contributed by atoms with Crippen molar-refractivity contribution in [1.82, 2.24) is 14.7 Å². The summed E-state index contributed by atoms with van der Waals surface area (Å²) in [6, 6.07) is 20.5. The molecule has 0 aliphatic carbocycles. The summed E-state index contributed by atoms with van der Waals surface area (Å²) in [4.78, 5) is 36.8. The average molecular weight is 622 g/mol. The molecule has 2 aliphatic rings. The zero-order chi connectivity index (χ0) is 30.7. The van der Waals surface area contributed by atoms with Gasteiger partial charge in [-0.25, -0.2) is 4.79 Å². The van der Waals surface area contributed by atoms with Crippen LogP contribution in [-0.2, 0) is 10.2 Å². The van der Waals surface area contributed by atoms with Crippen molar-refractivity contribution in [2.45, 2.75) is 45.2 Å². The Bertz CT molecular complexity index is 1480. The fourth-order valence-corrected chi connectivity index (χ4v) is 5.93. The monoisotopic (exact) mass is 620 g/mol. The number of piperazine rings is 1. The highest BCUT2D eigenvalue weighted by molar-refractivity contribution is 6.30. The van der Waals surface area contributed by atoms with Crippen LogP contribution in [0.1, 0.15) is 62.0 Å². The Morgan fingerprint density at radius 3 is 2.09 bits per heavy atom. The number of amides is 2. The van der Waals surface area contributed by atoms with E-state index in [1.807, 2.05) is 71.3 Å². The first-order valence-corrected chi connectivity index (χ1v) is 15.5. The number of ether oxygens (including phenoxy) is 1. The molecule has 0 N–H and O–H groups in total. The Hall–Kier alpha value is -3.39. The van der Waals surface area contributed by atoms with E-state index in [1.165, 1.54) is 0 Å². The van der Waals surface area contributed by atoms with E-state index < -0.39 is 12.1 Å². The number of nitrogens with zero attached hydrogens (tertiary/aromatic N) is 4. The molecule has 0 saturated carbocycles. The minimum atomic E-state index is -0.439. The zero-order valence-electron chi connectivity index (χ0n) is 25.1. The van der Waals surface area contributed by atoms with Crippen molar-refractivity contribution in [3.63, 3.8) is 0 Å². The van der Waals surface area contributed by atoms with Crippen LogP contribution in [0, 0.1) is 0 Å². The maximum atomic E-state index is 14.6. The number of rotatable bonds is 7. The van der Waals surface area contributed by atoms with Crippen molar-refractivity contribution >= 4 is 41.4 Å². The third kappa shape index (κ3) is 6.74. The molecule has 2 amide bonds. The van der Waals surface area contributed by atoms with Gasteiger partial charge in [-0.1, -0.05) is 74.3 Å². The topological polar surface area (TPSA) is 65.5 Å². The largest absolute Gasteiger partial charge is 0.493 e. The number of carbonyl (C=O) groups excluding carboxylic acids is 2. The van der Waals surface area contributed by atoms with Gasteiger partial charge in [-0.3, -0.25) is 14.8 Å².